The molecule has 4 heteroatoms. The highest BCUT2D eigenvalue weighted by Gasteiger charge is 2.38. The molecule has 0 saturated carbocycles. The van der Waals surface area contributed by atoms with Gasteiger partial charge in [-0.3, -0.25) is 4.90 Å². The van der Waals surface area contributed by atoms with Crippen LogP contribution in [0.4, 0.5) is 0 Å². The van der Waals surface area contributed by atoms with Crippen LogP contribution >= 0.6 is 0 Å². The maximum Gasteiger partial charge on any atom is 0.0685 e. The quantitative estimate of drug-likeness (QED) is 0.794. The Kier molecular flexibility index (Phi) is 5.07. The fraction of sp³-hybridized carbons (Fsp3) is 0.684. The lowest BCUT2D eigenvalue weighted by Gasteiger charge is -2.46. The van der Waals surface area contributed by atoms with Gasteiger partial charge in [0.05, 0.1) is 19.3 Å². The summed E-state index contributed by atoms with van der Waals surface area (Å²) in [5.41, 5.74) is 4.14. The van der Waals surface area contributed by atoms with Crippen LogP contribution in [0.5, 0.6) is 0 Å². The Morgan fingerprint density at radius 3 is 2.52 bits per heavy atom. The van der Waals surface area contributed by atoms with Crippen molar-refractivity contribution in [3.63, 3.8) is 0 Å². The lowest BCUT2D eigenvalue weighted by molar-refractivity contribution is -0.0191. The molecule has 0 spiro atoms. The molecule has 0 aliphatic carbocycles. The Bertz CT molecular complexity index is 558. The summed E-state index contributed by atoms with van der Waals surface area (Å²) in [5, 5.41) is 29.6. The molecule has 1 saturated heterocycles. The van der Waals surface area contributed by atoms with Gasteiger partial charge < -0.3 is 15.3 Å². The zero-order valence-corrected chi connectivity index (χ0v) is 14.2. The molecular weight excluding hydrogens is 290 g/mol. The molecule has 3 atom stereocenters. The summed E-state index contributed by atoms with van der Waals surface area (Å²) in [5.74, 6) is 0.971. The molecule has 1 aromatic rings. The van der Waals surface area contributed by atoms with Crippen LogP contribution in [0.15, 0.2) is 12.1 Å². The first kappa shape index (κ1) is 16.9. The van der Waals surface area contributed by atoms with E-state index < -0.39 is 0 Å². The van der Waals surface area contributed by atoms with Crippen LogP contribution in [-0.4, -0.2) is 39.4 Å². The Morgan fingerprint density at radius 1 is 1.17 bits per heavy atom. The number of hydrogen-bond donors (Lipinski definition) is 3. The standard InChI is InChI=1S/C19H29NO3/c1-12(2)5-14-9-20-4-3-13-6-15(10-21)16(11-22)7-17(13)18(20)8-19(14)23/h6-7,12,14,18-19,21-23H,3-5,8-11H2,1-2H3/t14-,18+,19-/m1/s1. The van der Waals surface area contributed by atoms with Crippen LogP contribution in [0.3, 0.4) is 0 Å². The van der Waals surface area contributed by atoms with Gasteiger partial charge in [0.15, 0.2) is 0 Å². The lowest BCUT2D eigenvalue weighted by Crippen LogP contribution is -2.48. The fourth-order valence-corrected chi connectivity index (χ4v) is 4.37. The van der Waals surface area contributed by atoms with Gasteiger partial charge in [-0.05, 0) is 53.4 Å². The Balaban J connectivity index is 1.87. The average molecular weight is 319 g/mol. The first-order valence-corrected chi connectivity index (χ1v) is 8.81. The molecular formula is C19H29NO3. The molecule has 1 aromatic carbocycles. The lowest BCUT2D eigenvalue weighted by atomic mass is 9.78. The molecule has 3 N–H and O–H groups in total. The molecule has 2 aliphatic heterocycles. The molecule has 0 amide bonds. The van der Waals surface area contributed by atoms with E-state index in [4.69, 9.17) is 0 Å². The van der Waals surface area contributed by atoms with E-state index in [1.165, 1.54) is 11.1 Å². The normalized spacial score (nSPS) is 27.8. The maximum atomic E-state index is 10.6. The number of aliphatic hydroxyl groups is 3. The van der Waals surface area contributed by atoms with E-state index in [0.29, 0.717) is 11.8 Å². The third-order valence-corrected chi connectivity index (χ3v) is 5.52. The molecule has 0 bridgehead atoms. The van der Waals surface area contributed by atoms with E-state index in [0.717, 1.165) is 43.5 Å². The van der Waals surface area contributed by atoms with Crippen LogP contribution < -0.4 is 0 Å². The molecule has 3 rings (SSSR count). The Morgan fingerprint density at radius 2 is 1.87 bits per heavy atom. The predicted molar refractivity (Wildman–Crippen MR) is 89.9 cm³/mol. The summed E-state index contributed by atoms with van der Waals surface area (Å²) < 4.78 is 0. The molecule has 0 unspecified atom stereocenters. The summed E-state index contributed by atoms with van der Waals surface area (Å²) in [6, 6.07) is 4.34. The molecule has 2 aliphatic rings. The molecule has 1 fully saturated rings. The van der Waals surface area contributed by atoms with Gasteiger partial charge in [-0.2, -0.15) is 0 Å². The monoisotopic (exact) mass is 319 g/mol. The van der Waals surface area contributed by atoms with Gasteiger partial charge in [0.2, 0.25) is 0 Å². The second kappa shape index (κ2) is 6.89. The van der Waals surface area contributed by atoms with Crippen LogP contribution in [0.25, 0.3) is 0 Å². The van der Waals surface area contributed by atoms with E-state index >= 15 is 0 Å². The molecule has 4 nitrogen and oxygen atoms in total. The van der Waals surface area contributed by atoms with E-state index in [2.05, 4.69) is 18.7 Å². The van der Waals surface area contributed by atoms with Crippen molar-refractivity contribution in [2.45, 2.75) is 58.5 Å². The first-order chi connectivity index (χ1) is 11.0. The minimum atomic E-state index is -0.250. The number of rotatable bonds is 4. The summed E-state index contributed by atoms with van der Waals surface area (Å²) in [4.78, 5) is 2.50. The van der Waals surface area contributed by atoms with Crippen molar-refractivity contribution in [3.8, 4) is 0 Å². The number of piperidine rings is 1. The third kappa shape index (κ3) is 3.31. The third-order valence-electron chi connectivity index (χ3n) is 5.52. The minimum absolute atomic E-state index is 0.0311. The molecule has 23 heavy (non-hydrogen) atoms. The second-order valence-electron chi connectivity index (χ2n) is 7.59. The minimum Gasteiger partial charge on any atom is -0.393 e. The van der Waals surface area contributed by atoms with Gasteiger partial charge in [-0.1, -0.05) is 26.0 Å². The highest BCUT2D eigenvalue weighted by molar-refractivity contribution is 5.41. The topological polar surface area (TPSA) is 63.9 Å². The Hall–Kier alpha value is -0.940. The zero-order valence-electron chi connectivity index (χ0n) is 14.2. The number of hydrogen-bond acceptors (Lipinski definition) is 4. The number of nitrogens with zero attached hydrogens (tertiary/aromatic N) is 1. The van der Waals surface area contributed by atoms with Gasteiger partial charge in [0.1, 0.15) is 0 Å². The van der Waals surface area contributed by atoms with Gasteiger partial charge in [0, 0.05) is 19.1 Å². The van der Waals surface area contributed by atoms with E-state index in [9.17, 15) is 15.3 Å². The van der Waals surface area contributed by atoms with E-state index in [1.807, 2.05) is 12.1 Å². The molecule has 2 heterocycles. The summed E-state index contributed by atoms with van der Waals surface area (Å²) in [6.07, 6.45) is 2.57. The summed E-state index contributed by atoms with van der Waals surface area (Å²) in [7, 11) is 0. The summed E-state index contributed by atoms with van der Waals surface area (Å²) in [6.45, 7) is 6.33. The second-order valence-corrected chi connectivity index (χ2v) is 7.59. The zero-order chi connectivity index (χ0) is 16.6. The van der Waals surface area contributed by atoms with Crippen LogP contribution in [0.2, 0.25) is 0 Å². The van der Waals surface area contributed by atoms with Gasteiger partial charge in [-0.15, -0.1) is 0 Å². The average Bonchev–Trinajstić information content (AvgIpc) is 2.53. The molecule has 128 valence electrons. The number of benzene rings is 1. The van der Waals surface area contributed by atoms with Crippen molar-refractivity contribution in [3.05, 3.63) is 34.4 Å². The number of fused-ring (bicyclic) bond motifs is 3. The van der Waals surface area contributed by atoms with Gasteiger partial charge in [0.25, 0.3) is 0 Å². The summed E-state index contributed by atoms with van der Waals surface area (Å²) >= 11 is 0. The SMILES string of the molecule is CC(C)C[C@@H]1CN2CCc3cc(CO)c(CO)cc3[C@@H]2C[C@H]1O. The first-order valence-electron chi connectivity index (χ1n) is 8.81. The van der Waals surface area contributed by atoms with Crippen molar-refractivity contribution in [1.29, 1.82) is 0 Å². The van der Waals surface area contributed by atoms with Crippen molar-refractivity contribution in [1.82, 2.24) is 4.90 Å². The van der Waals surface area contributed by atoms with E-state index in [1.54, 1.807) is 0 Å². The highest BCUT2D eigenvalue weighted by atomic mass is 16.3. The van der Waals surface area contributed by atoms with Crippen molar-refractivity contribution in [2.75, 3.05) is 13.1 Å². The van der Waals surface area contributed by atoms with Crippen molar-refractivity contribution >= 4 is 0 Å². The fourth-order valence-electron chi connectivity index (χ4n) is 4.37. The smallest absolute Gasteiger partial charge is 0.0685 e. The molecule has 0 radical (unpaired) electrons. The van der Waals surface area contributed by atoms with Crippen molar-refractivity contribution < 1.29 is 15.3 Å². The van der Waals surface area contributed by atoms with Gasteiger partial charge >= 0.3 is 0 Å². The molecule has 0 aromatic heterocycles. The largest absolute Gasteiger partial charge is 0.393 e. The number of aliphatic hydroxyl groups excluding tert-OH is 3. The maximum absolute atomic E-state index is 10.6. The van der Waals surface area contributed by atoms with Crippen molar-refractivity contribution in [2.24, 2.45) is 11.8 Å². The van der Waals surface area contributed by atoms with Gasteiger partial charge in [-0.25, -0.2) is 0 Å². The van der Waals surface area contributed by atoms with Crippen LogP contribution in [0, 0.1) is 11.8 Å². The van der Waals surface area contributed by atoms with Crippen LogP contribution in [0.1, 0.15) is 55.0 Å². The highest BCUT2D eigenvalue weighted by Crippen LogP contribution is 2.40. The Labute approximate surface area is 138 Å². The van der Waals surface area contributed by atoms with Crippen LogP contribution in [-0.2, 0) is 19.6 Å². The predicted octanol–water partition coefficient (Wildman–Crippen LogP) is 2.00. The van der Waals surface area contributed by atoms with E-state index in [-0.39, 0.29) is 25.4 Å².